The van der Waals surface area contributed by atoms with Crippen LogP contribution in [-0.2, 0) is 6.54 Å². The molecule has 64 valence electrons. The van der Waals surface area contributed by atoms with Gasteiger partial charge in [-0.05, 0) is 11.6 Å². The third-order valence-corrected chi connectivity index (χ3v) is 1.02. The summed E-state index contributed by atoms with van der Waals surface area (Å²) in [7, 11) is 0. The van der Waals surface area contributed by atoms with E-state index in [0.29, 0.717) is 6.54 Å². The highest BCUT2D eigenvalue weighted by Crippen LogP contribution is 2.06. The molecule has 3 N–H and O–H groups in total. The largest absolute Gasteiger partial charge is 0.506 e. The fourth-order valence-corrected chi connectivity index (χ4v) is 0.585. The van der Waals surface area contributed by atoms with E-state index in [1.807, 2.05) is 0 Å². The lowest BCUT2D eigenvalue weighted by Gasteiger charge is -1.93. The molecule has 0 aromatic carbocycles. The zero-order chi connectivity index (χ0) is 6.69. The van der Waals surface area contributed by atoms with E-state index in [9.17, 15) is 0 Å². The molecule has 0 aliphatic rings. The molecule has 0 amide bonds. The van der Waals surface area contributed by atoms with Crippen molar-refractivity contribution in [2.24, 2.45) is 5.73 Å². The van der Waals surface area contributed by atoms with Crippen molar-refractivity contribution in [3.05, 3.63) is 24.0 Å². The maximum absolute atomic E-state index is 8.83. The van der Waals surface area contributed by atoms with Crippen LogP contribution in [0.4, 0.5) is 0 Å². The molecule has 0 unspecified atom stereocenters. The van der Waals surface area contributed by atoms with Crippen LogP contribution in [0.2, 0.25) is 0 Å². The van der Waals surface area contributed by atoms with Crippen molar-refractivity contribution < 1.29 is 5.11 Å². The molecule has 11 heavy (non-hydrogen) atoms. The fraction of sp³-hybridized carbons (Fsp3) is 0.167. The highest BCUT2D eigenvalue weighted by atomic mass is 35.5. The summed E-state index contributed by atoms with van der Waals surface area (Å²) in [6.45, 7) is 0.418. The molecule has 1 aromatic rings. The lowest BCUT2D eigenvalue weighted by molar-refractivity contribution is 0.472. The zero-order valence-corrected chi connectivity index (χ0v) is 7.36. The number of pyridine rings is 1. The molecule has 0 aliphatic carbocycles. The van der Waals surface area contributed by atoms with Crippen LogP contribution in [-0.4, -0.2) is 10.1 Å². The maximum Gasteiger partial charge on any atom is 0.134 e. The van der Waals surface area contributed by atoms with Gasteiger partial charge in [-0.25, -0.2) is 0 Å². The fourth-order valence-electron chi connectivity index (χ4n) is 0.585. The number of aromatic nitrogens is 1. The van der Waals surface area contributed by atoms with Crippen molar-refractivity contribution >= 4 is 24.8 Å². The van der Waals surface area contributed by atoms with Gasteiger partial charge in [-0.15, -0.1) is 24.8 Å². The van der Waals surface area contributed by atoms with E-state index in [1.165, 1.54) is 6.20 Å². The highest BCUT2D eigenvalue weighted by Gasteiger charge is 1.89. The second kappa shape index (κ2) is 6.22. The van der Waals surface area contributed by atoms with Crippen molar-refractivity contribution in [2.75, 3.05) is 0 Å². The first-order valence-corrected chi connectivity index (χ1v) is 2.66. The standard InChI is InChI=1S/C6H8N2O.2ClH/c7-2-5-1-6(9)4-8-3-5;;/h1,3-4,9H,2,7H2;2*1H. The molecule has 0 aliphatic heterocycles. The number of halogens is 2. The molecule has 0 radical (unpaired) electrons. The SMILES string of the molecule is Cl.Cl.NCc1cncc(O)c1. The molecule has 3 nitrogen and oxygen atoms in total. The molecule has 1 rings (SSSR count). The van der Waals surface area contributed by atoms with Gasteiger partial charge in [-0.2, -0.15) is 0 Å². The highest BCUT2D eigenvalue weighted by molar-refractivity contribution is 5.85. The molecule has 0 saturated carbocycles. The van der Waals surface area contributed by atoms with Gasteiger partial charge >= 0.3 is 0 Å². The molecule has 0 spiro atoms. The van der Waals surface area contributed by atoms with Gasteiger partial charge < -0.3 is 10.8 Å². The van der Waals surface area contributed by atoms with Crippen LogP contribution in [0.15, 0.2) is 18.5 Å². The Labute approximate surface area is 77.5 Å². The number of aromatic hydroxyl groups is 1. The van der Waals surface area contributed by atoms with Crippen molar-refractivity contribution in [3.8, 4) is 5.75 Å². The molecule has 1 aromatic heterocycles. The van der Waals surface area contributed by atoms with E-state index in [0.717, 1.165) is 5.56 Å². The molecule has 1 heterocycles. The zero-order valence-electron chi connectivity index (χ0n) is 5.73. The molecule has 0 bridgehead atoms. The Bertz CT molecular complexity index is 208. The van der Waals surface area contributed by atoms with E-state index in [2.05, 4.69) is 4.98 Å². The molecular formula is C6H10Cl2N2O. The van der Waals surface area contributed by atoms with Crippen LogP contribution in [0.5, 0.6) is 5.75 Å². The van der Waals surface area contributed by atoms with Crippen LogP contribution in [0, 0.1) is 0 Å². The average Bonchev–Trinajstić information content (AvgIpc) is 1.88. The number of hydrogen-bond acceptors (Lipinski definition) is 3. The summed E-state index contributed by atoms with van der Waals surface area (Å²) in [6, 6.07) is 1.59. The summed E-state index contributed by atoms with van der Waals surface area (Å²) in [4.78, 5) is 3.73. The van der Waals surface area contributed by atoms with E-state index < -0.39 is 0 Å². The second-order valence-electron chi connectivity index (χ2n) is 1.76. The third kappa shape index (κ3) is 4.03. The molecule has 5 heteroatoms. The lowest BCUT2D eigenvalue weighted by Crippen LogP contribution is -1.95. The van der Waals surface area contributed by atoms with Gasteiger partial charge in [0, 0.05) is 12.7 Å². The van der Waals surface area contributed by atoms with Crippen molar-refractivity contribution in [2.45, 2.75) is 6.54 Å². The topological polar surface area (TPSA) is 59.1 Å². The van der Waals surface area contributed by atoms with Gasteiger partial charge in [-0.1, -0.05) is 0 Å². The molecule has 0 fully saturated rings. The van der Waals surface area contributed by atoms with Gasteiger partial charge in [0.15, 0.2) is 0 Å². The number of hydrogen-bond donors (Lipinski definition) is 2. The van der Waals surface area contributed by atoms with Crippen molar-refractivity contribution in [3.63, 3.8) is 0 Å². The van der Waals surface area contributed by atoms with Crippen LogP contribution in [0.1, 0.15) is 5.56 Å². The maximum atomic E-state index is 8.83. The Balaban J connectivity index is 0. The van der Waals surface area contributed by atoms with E-state index in [-0.39, 0.29) is 30.6 Å². The first-order chi connectivity index (χ1) is 4.33. The average molecular weight is 197 g/mol. The first kappa shape index (κ1) is 13.1. The number of nitrogens with zero attached hydrogens (tertiary/aromatic N) is 1. The van der Waals surface area contributed by atoms with Gasteiger partial charge in [0.2, 0.25) is 0 Å². The minimum atomic E-state index is 0. The lowest BCUT2D eigenvalue weighted by atomic mass is 10.3. The van der Waals surface area contributed by atoms with Gasteiger partial charge in [0.1, 0.15) is 5.75 Å². The predicted molar refractivity (Wildman–Crippen MR) is 48.3 cm³/mol. The van der Waals surface area contributed by atoms with E-state index in [4.69, 9.17) is 10.8 Å². The van der Waals surface area contributed by atoms with E-state index in [1.54, 1.807) is 12.3 Å². The Morgan fingerprint density at radius 1 is 1.36 bits per heavy atom. The first-order valence-electron chi connectivity index (χ1n) is 2.66. The minimum absolute atomic E-state index is 0. The van der Waals surface area contributed by atoms with Crippen molar-refractivity contribution in [1.29, 1.82) is 0 Å². The Morgan fingerprint density at radius 2 is 2.00 bits per heavy atom. The van der Waals surface area contributed by atoms with Crippen LogP contribution in [0.25, 0.3) is 0 Å². The monoisotopic (exact) mass is 196 g/mol. The van der Waals surface area contributed by atoms with Crippen LogP contribution in [0.3, 0.4) is 0 Å². The van der Waals surface area contributed by atoms with Crippen LogP contribution < -0.4 is 5.73 Å². The Kier molecular flexibility index (Phi) is 7.41. The summed E-state index contributed by atoms with van der Waals surface area (Å²) in [5.41, 5.74) is 6.11. The van der Waals surface area contributed by atoms with Gasteiger partial charge in [0.05, 0.1) is 6.20 Å². The quantitative estimate of drug-likeness (QED) is 0.708. The second-order valence-corrected chi connectivity index (χ2v) is 1.76. The van der Waals surface area contributed by atoms with Gasteiger partial charge in [-0.3, -0.25) is 4.98 Å². The summed E-state index contributed by atoms with van der Waals surface area (Å²) in [5.74, 6) is 0.165. The summed E-state index contributed by atoms with van der Waals surface area (Å²) in [6.07, 6.45) is 3.00. The predicted octanol–water partition coefficient (Wildman–Crippen LogP) is 1.09. The third-order valence-electron chi connectivity index (χ3n) is 1.02. The number of nitrogens with two attached hydrogens (primary N) is 1. The number of rotatable bonds is 1. The summed E-state index contributed by atoms with van der Waals surface area (Å²) in [5, 5.41) is 8.83. The van der Waals surface area contributed by atoms with Crippen LogP contribution >= 0.6 is 24.8 Å². The van der Waals surface area contributed by atoms with Gasteiger partial charge in [0.25, 0.3) is 0 Å². The Morgan fingerprint density at radius 3 is 2.36 bits per heavy atom. The van der Waals surface area contributed by atoms with E-state index >= 15 is 0 Å². The smallest absolute Gasteiger partial charge is 0.134 e. The molecular weight excluding hydrogens is 187 g/mol. The molecule has 0 saturated heterocycles. The normalized spacial score (nSPS) is 7.73. The van der Waals surface area contributed by atoms with Crippen molar-refractivity contribution in [1.82, 2.24) is 4.98 Å². The summed E-state index contributed by atoms with van der Waals surface area (Å²) < 4.78 is 0. The molecule has 0 atom stereocenters. The summed E-state index contributed by atoms with van der Waals surface area (Å²) >= 11 is 0. The Hall–Kier alpha value is -0.510. The minimum Gasteiger partial charge on any atom is -0.506 e.